The molecule has 0 aromatic heterocycles. The van der Waals surface area contributed by atoms with Crippen LogP contribution >= 0.6 is 0 Å². The second-order valence-corrected chi connectivity index (χ2v) is 12.5. The van der Waals surface area contributed by atoms with Gasteiger partial charge >= 0.3 is 6.03 Å². The van der Waals surface area contributed by atoms with Crippen LogP contribution in [-0.4, -0.2) is 71.8 Å². The molecule has 0 unspecified atom stereocenters. The predicted octanol–water partition coefficient (Wildman–Crippen LogP) is 6.29. The number of nitrogens with zero attached hydrogens (tertiary/aromatic N) is 2. The summed E-state index contributed by atoms with van der Waals surface area (Å²) in [5.74, 6) is 1.66. The van der Waals surface area contributed by atoms with Gasteiger partial charge in [0.2, 0.25) is 0 Å². The molecule has 1 fully saturated rings. The largest absolute Gasteiger partial charge is 0.486 e. The maximum absolute atomic E-state index is 13.8. The molecule has 1 heterocycles. The summed E-state index contributed by atoms with van der Waals surface area (Å²) >= 11 is 0. The molecule has 3 amide bonds. The lowest BCUT2D eigenvalue weighted by atomic mass is 9.96. The van der Waals surface area contributed by atoms with Crippen molar-refractivity contribution in [2.75, 3.05) is 32.1 Å². The number of carbonyl (C=O) groups excluding carboxylic acids is 2. The molecule has 0 spiro atoms. The standard InChI is InChI=1S/C36H46N4O5/c1-25-21-40(26(2)24-41)35(42)31-15-10-16-32(38-36(43)37-28-11-6-4-7-12-28)34(31)45-33(25)23-39(3)22-27-17-19-30(20-18-27)44-29-13-8-5-9-14-29/h5,8-10,13-20,25-26,28,33,41H,4,6-7,11-12,21-24H2,1-3H3,(H2,37,38,43)/t25-,26-,33+/m0/s1. The first kappa shape index (κ1) is 32.3. The second-order valence-electron chi connectivity index (χ2n) is 12.5. The monoisotopic (exact) mass is 614 g/mol. The van der Waals surface area contributed by atoms with Gasteiger partial charge in [0.1, 0.15) is 17.6 Å². The zero-order valence-corrected chi connectivity index (χ0v) is 26.6. The quantitative estimate of drug-likeness (QED) is 0.248. The molecule has 0 saturated heterocycles. The lowest BCUT2D eigenvalue weighted by Gasteiger charge is -2.38. The molecule has 3 aromatic carbocycles. The first-order valence-electron chi connectivity index (χ1n) is 16.1. The van der Waals surface area contributed by atoms with E-state index in [4.69, 9.17) is 9.47 Å². The molecule has 240 valence electrons. The molecule has 9 heteroatoms. The average Bonchev–Trinajstić information content (AvgIpc) is 3.04. The fourth-order valence-corrected chi connectivity index (χ4v) is 6.12. The third-order valence-electron chi connectivity index (χ3n) is 8.73. The number of aliphatic hydroxyl groups excluding tert-OH is 1. The smallest absolute Gasteiger partial charge is 0.319 e. The number of rotatable bonds is 10. The molecule has 2 aliphatic rings. The van der Waals surface area contributed by atoms with Gasteiger partial charge < -0.3 is 30.1 Å². The van der Waals surface area contributed by atoms with E-state index in [1.165, 1.54) is 6.42 Å². The van der Waals surface area contributed by atoms with Crippen LogP contribution in [0.2, 0.25) is 0 Å². The van der Waals surface area contributed by atoms with Crippen LogP contribution < -0.4 is 20.1 Å². The fourth-order valence-electron chi connectivity index (χ4n) is 6.12. The van der Waals surface area contributed by atoms with E-state index >= 15 is 0 Å². The van der Waals surface area contributed by atoms with Gasteiger partial charge in [-0.3, -0.25) is 9.69 Å². The highest BCUT2D eigenvalue weighted by molar-refractivity contribution is 6.01. The Balaban J connectivity index is 1.32. The summed E-state index contributed by atoms with van der Waals surface area (Å²) in [5.41, 5.74) is 1.96. The highest BCUT2D eigenvalue weighted by Crippen LogP contribution is 2.35. The molecule has 9 nitrogen and oxygen atoms in total. The van der Waals surface area contributed by atoms with Gasteiger partial charge in [-0.1, -0.05) is 62.6 Å². The third-order valence-corrected chi connectivity index (χ3v) is 8.73. The lowest BCUT2D eigenvalue weighted by Crippen LogP contribution is -2.50. The van der Waals surface area contributed by atoms with Crippen LogP contribution in [-0.2, 0) is 6.54 Å². The summed E-state index contributed by atoms with van der Waals surface area (Å²) in [6.07, 6.45) is 5.07. The summed E-state index contributed by atoms with van der Waals surface area (Å²) in [6.45, 7) is 5.47. The van der Waals surface area contributed by atoms with Crippen molar-refractivity contribution in [1.29, 1.82) is 0 Å². The Labute approximate surface area is 266 Å². The van der Waals surface area contributed by atoms with Crippen molar-refractivity contribution < 1.29 is 24.2 Å². The minimum absolute atomic E-state index is 0.0516. The second kappa shape index (κ2) is 15.3. The van der Waals surface area contributed by atoms with Crippen LogP contribution in [0.25, 0.3) is 0 Å². The number of fused-ring (bicyclic) bond motifs is 1. The number of urea groups is 1. The Morgan fingerprint density at radius 2 is 1.73 bits per heavy atom. The van der Waals surface area contributed by atoms with Crippen LogP contribution in [0, 0.1) is 5.92 Å². The van der Waals surface area contributed by atoms with Crippen molar-refractivity contribution in [2.45, 2.75) is 70.7 Å². The third kappa shape index (κ3) is 8.55. The number of likely N-dealkylation sites (N-methyl/N-ethyl adjacent to an activating group) is 1. The van der Waals surface area contributed by atoms with Crippen molar-refractivity contribution in [2.24, 2.45) is 5.92 Å². The van der Waals surface area contributed by atoms with Crippen LogP contribution in [0.5, 0.6) is 17.2 Å². The molecule has 3 atom stereocenters. The Kier molecular flexibility index (Phi) is 11.0. The number of hydrogen-bond acceptors (Lipinski definition) is 6. The van der Waals surface area contributed by atoms with Crippen molar-refractivity contribution in [1.82, 2.24) is 15.1 Å². The van der Waals surface area contributed by atoms with E-state index in [9.17, 15) is 14.7 Å². The highest BCUT2D eigenvalue weighted by Gasteiger charge is 2.34. The fraction of sp³-hybridized carbons (Fsp3) is 0.444. The Morgan fingerprint density at radius 1 is 1.02 bits per heavy atom. The zero-order valence-electron chi connectivity index (χ0n) is 26.6. The van der Waals surface area contributed by atoms with Gasteiger partial charge in [-0.2, -0.15) is 0 Å². The number of hydrogen-bond donors (Lipinski definition) is 3. The number of benzene rings is 3. The normalized spacial score (nSPS) is 19.6. The number of nitrogens with one attached hydrogen (secondary N) is 2. The highest BCUT2D eigenvalue weighted by atomic mass is 16.5. The Morgan fingerprint density at radius 3 is 2.44 bits per heavy atom. The maximum Gasteiger partial charge on any atom is 0.319 e. The molecule has 3 N–H and O–H groups in total. The first-order valence-corrected chi connectivity index (χ1v) is 16.1. The Bertz CT molecular complexity index is 1410. The van der Waals surface area contributed by atoms with Gasteiger partial charge in [0, 0.05) is 31.6 Å². The van der Waals surface area contributed by atoms with Gasteiger partial charge in [-0.25, -0.2) is 4.79 Å². The van der Waals surface area contributed by atoms with E-state index in [1.807, 2.05) is 56.4 Å². The van der Waals surface area contributed by atoms with Crippen molar-refractivity contribution in [3.8, 4) is 17.2 Å². The van der Waals surface area contributed by atoms with Gasteiger partial charge in [-0.15, -0.1) is 0 Å². The summed E-state index contributed by atoms with van der Waals surface area (Å²) < 4.78 is 12.6. The van der Waals surface area contributed by atoms with Crippen LogP contribution in [0.3, 0.4) is 0 Å². The number of carbonyl (C=O) groups is 2. The molecule has 45 heavy (non-hydrogen) atoms. The summed E-state index contributed by atoms with van der Waals surface area (Å²) in [4.78, 5) is 30.8. The number of ether oxygens (including phenoxy) is 2. The van der Waals surface area contributed by atoms with Crippen molar-refractivity contribution in [3.63, 3.8) is 0 Å². The van der Waals surface area contributed by atoms with E-state index in [1.54, 1.807) is 23.1 Å². The van der Waals surface area contributed by atoms with Crippen molar-refractivity contribution >= 4 is 17.6 Å². The van der Waals surface area contributed by atoms with Gasteiger partial charge in [0.05, 0.1) is 23.9 Å². The van der Waals surface area contributed by atoms with Crippen molar-refractivity contribution in [3.05, 3.63) is 83.9 Å². The number of amides is 3. The SMILES string of the molecule is C[C@H]1CN([C@@H](C)CO)C(=O)c2cccc(NC(=O)NC3CCCCC3)c2O[C@@H]1CN(C)Cc1ccc(Oc2ccccc2)cc1. The van der Waals surface area contributed by atoms with E-state index in [2.05, 4.69) is 34.6 Å². The van der Waals surface area contributed by atoms with Crippen LogP contribution in [0.1, 0.15) is 61.9 Å². The van der Waals surface area contributed by atoms with E-state index in [0.29, 0.717) is 36.6 Å². The van der Waals surface area contributed by atoms with E-state index in [0.717, 1.165) is 42.7 Å². The summed E-state index contributed by atoms with van der Waals surface area (Å²) in [6, 6.07) is 22.5. The van der Waals surface area contributed by atoms with Crippen LogP contribution in [0.15, 0.2) is 72.8 Å². The lowest BCUT2D eigenvalue weighted by molar-refractivity contribution is 0.0343. The van der Waals surface area contributed by atoms with Gasteiger partial charge in [-0.05, 0) is 68.8 Å². The first-order chi connectivity index (χ1) is 21.8. The zero-order chi connectivity index (χ0) is 31.8. The van der Waals surface area contributed by atoms with Gasteiger partial charge in [0.25, 0.3) is 5.91 Å². The summed E-state index contributed by atoms with van der Waals surface area (Å²) in [7, 11) is 2.05. The molecule has 0 bridgehead atoms. The molecule has 5 rings (SSSR count). The van der Waals surface area contributed by atoms with E-state index in [-0.39, 0.29) is 42.7 Å². The Hall–Kier alpha value is -4.08. The molecule has 1 aliphatic carbocycles. The predicted molar refractivity (Wildman–Crippen MR) is 176 cm³/mol. The van der Waals surface area contributed by atoms with Gasteiger partial charge in [0.15, 0.2) is 5.75 Å². The maximum atomic E-state index is 13.8. The van der Waals surface area contributed by atoms with Crippen LogP contribution in [0.4, 0.5) is 10.5 Å². The number of aliphatic hydroxyl groups is 1. The average molecular weight is 615 g/mol. The molecule has 1 aliphatic heterocycles. The van der Waals surface area contributed by atoms with E-state index < -0.39 is 0 Å². The molecule has 3 aromatic rings. The molecule has 0 radical (unpaired) electrons. The minimum Gasteiger partial charge on any atom is -0.486 e. The number of para-hydroxylation sites is 2. The summed E-state index contributed by atoms with van der Waals surface area (Å²) in [5, 5.41) is 16.1. The minimum atomic E-state index is -0.368. The molecular formula is C36H46N4O5. The molecule has 1 saturated carbocycles. The number of anilines is 1. The molecular weight excluding hydrogens is 568 g/mol. The topological polar surface area (TPSA) is 103 Å².